The number of aromatic nitrogens is 1. The van der Waals surface area contributed by atoms with Crippen molar-refractivity contribution in [2.75, 3.05) is 6.54 Å². The summed E-state index contributed by atoms with van der Waals surface area (Å²) in [5.74, 6) is -1.28. The first-order valence-corrected chi connectivity index (χ1v) is 6.83. The number of para-hydroxylation sites is 1. The molecule has 2 aromatic rings. The molecule has 0 aliphatic heterocycles. The number of benzene rings is 1. The molecule has 0 fully saturated rings. The molecule has 0 atom stereocenters. The Balaban J connectivity index is 2.53. The average Bonchev–Trinajstić information content (AvgIpc) is 2.69. The second kappa shape index (κ2) is 5.24. The van der Waals surface area contributed by atoms with Crippen molar-refractivity contribution in [2.45, 2.75) is 33.2 Å². The zero-order valence-corrected chi connectivity index (χ0v) is 12.7. The monoisotopic (exact) mass is 288 g/mol. The number of carbonyl (C=O) groups is 2. The summed E-state index contributed by atoms with van der Waals surface area (Å²) in [7, 11) is 0. The third-order valence-corrected chi connectivity index (χ3v) is 3.46. The van der Waals surface area contributed by atoms with Crippen molar-refractivity contribution in [2.24, 2.45) is 0 Å². The summed E-state index contributed by atoms with van der Waals surface area (Å²) in [5, 5.41) is 9.89. The summed E-state index contributed by atoms with van der Waals surface area (Å²) in [6.07, 6.45) is 0. The van der Waals surface area contributed by atoms with E-state index >= 15 is 0 Å². The maximum Gasteiger partial charge on any atom is 0.323 e. The van der Waals surface area contributed by atoms with Crippen LogP contribution in [0.3, 0.4) is 0 Å². The fourth-order valence-corrected chi connectivity index (χ4v) is 2.44. The second-order valence-electron chi connectivity index (χ2n) is 6.13. The molecular weight excluding hydrogens is 268 g/mol. The normalized spacial score (nSPS) is 11.6. The summed E-state index contributed by atoms with van der Waals surface area (Å²) >= 11 is 0. The highest BCUT2D eigenvalue weighted by Crippen LogP contribution is 2.26. The number of hydrogen-bond acceptors (Lipinski definition) is 2. The van der Waals surface area contributed by atoms with E-state index in [1.165, 1.54) is 4.90 Å². The zero-order chi connectivity index (χ0) is 15.8. The molecule has 1 amide bonds. The number of fused-ring (bicyclic) bond motifs is 1. The molecule has 0 spiro atoms. The molecule has 5 heteroatoms. The Bertz CT molecular complexity index is 695. The van der Waals surface area contributed by atoms with Gasteiger partial charge in [0.1, 0.15) is 6.54 Å². The predicted octanol–water partition coefficient (Wildman–Crippen LogP) is 2.80. The third kappa shape index (κ3) is 2.91. The van der Waals surface area contributed by atoms with E-state index in [1.807, 2.05) is 52.0 Å². The van der Waals surface area contributed by atoms with Crippen LogP contribution < -0.4 is 0 Å². The fourth-order valence-electron chi connectivity index (χ4n) is 2.44. The van der Waals surface area contributed by atoms with Crippen LogP contribution in [0.25, 0.3) is 10.9 Å². The number of nitrogens with zero attached hydrogens (tertiary/aromatic N) is 1. The minimum absolute atomic E-state index is 0.264. The first kappa shape index (κ1) is 15.1. The maximum atomic E-state index is 12.9. The maximum absolute atomic E-state index is 12.9. The number of carbonyl (C=O) groups excluding carboxylic acids is 1. The topological polar surface area (TPSA) is 73.4 Å². The molecule has 2 rings (SSSR count). The van der Waals surface area contributed by atoms with E-state index in [-0.39, 0.29) is 12.5 Å². The van der Waals surface area contributed by atoms with Crippen molar-refractivity contribution in [3.8, 4) is 0 Å². The first-order chi connectivity index (χ1) is 9.71. The largest absolute Gasteiger partial charge is 0.480 e. The molecule has 0 aliphatic rings. The van der Waals surface area contributed by atoms with E-state index in [4.69, 9.17) is 5.11 Å². The lowest BCUT2D eigenvalue weighted by atomic mass is 10.0. The summed E-state index contributed by atoms with van der Waals surface area (Å²) in [5.41, 5.74) is 1.60. The lowest BCUT2D eigenvalue weighted by Crippen LogP contribution is -2.48. The quantitative estimate of drug-likeness (QED) is 0.912. The van der Waals surface area contributed by atoms with Gasteiger partial charge in [-0.25, -0.2) is 0 Å². The van der Waals surface area contributed by atoms with Gasteiger partial charge in [-0.05, 0) is 33.8 Å². The van der Waals surface area contributed by atoms with Crippen LogP contribution in [-0.4, -0.2) is 39.0 Å². The van der Waals surface area contributed by atoms with Crippen molar-refractivity contribution in [1.82, 2.24) is 9.88 Å². The molecule has 1 aromatic heterocycles. The van der Waals surface area contributed by atoms with Gasteiger partial charge < -0.3 is 15.0 Å². The fraction of sp³-hybridized carbons (Fsp3) is 0.375. The summed E-state index contributed by atoms with van der Waals surface area (Å²) < 4.78 is 0. The van der Waals surface area contributed by atoms with Crippen LogP contribution in [0.5, 0.6) is 0 Å². The number of aryl methyl sites for hydroxylation is 1. The van der Waals surface area contributed by atoms with Gasteiger partial charge in [0.05, 0.1) is 5.56 Å². The van der Waals surface area contributed by atoms with E-state index in [9.17, 15) is 9.59 Å². The average molecular weight is 288 g/mol. The first-order valence-electron chi connectivity index (χ1n) is 6.83. The summed E-state index contributed by atoms with van der Waals surface area (Å²) in [6, 6.07) is 7.53. The molecular formula is C16H20N2O3. The Morgan fingerprint density at radius 3 is 2.43 bits per heavy atom. The molecule has 0 unspecified atom stereocenters. The van der Waals surface area contributed by atoms with E-state index in [0.29, 0.717) is 5.56 Å². The lowest BCUT2D eigenvalue weighted by Gasteiger charge is -2.34. The number of amides is 1. The number of aromatic amines is 1. The van der Waals surface area contributed by atoms with Crippen LogP contribution in [0, 0.1) is 6.92 Å². The molecule has 1 heterocycles. The molecule has 1 aromatic carbocycles. The number of nitrogens with one attached hydrogen (secondary N) is 1. The number of carboxylic acids is 1. The van der Waals surface area contributed by atoms with Gasteiger partial charge in [0.2, 0.25) is 0 Å². The van der Waals surface area contributed by atoms with Crippen molar-refractivity contribution in [3.63, 3.8) is 0 Å². The number of aliphatic carboxylic acids is 1. The highest BCUT2D eigenvalue weighted by Gasteiger charge is 2.31. The third-order valence-electron chi connectivity index (χ3n) is 3.46. The highest BCUT2D eigenvalue weighted by molar-refractivity contribution is 6.08. The van der Waals surface area contributed by atoms with E-state index in [1.54, 1.807) is 0 Å². The molecule has 0 aliphatic carbocycles. The van der Waals surface area contributed by atoms with Crippen LogP contribution >= 0.6 is 0 Å². The van der Waals surface area contributed by atoms with Crippen LogP contribution in [0.1, 0.15) is 36.8 Å². The van der Waals surface area contributed by atoms with Crippen LogP contribution in [-0.2, 0) is 4.79 Å². The van der Waals surface area contributed by atoms with E-state index in [0.717, 1.165) is 16.6 Å². The van der Waals surface area contributed by atoms with Crippen molar-refractivity contribution < 1.29 is 14.7 Å². The van der Waals surface area contributed by atoms with Gasteiger partial charge in [-0.15, -0.1) is 0 Å². The van der Waals surface area contributed by atoms with Crippen molar-refractivity contribution in [3.05, 3.63) is 35.5 Å². The number of carboxylic acid groups (broad SMARTS) is 1. The molecule has 0 saturated carbocycles. The smallest absolute Gasteiger partial charge is 0.323 e. The van der Waals surface area contributed by atoms with E-state index in [2.05, 4.69) is 4.98 Å². The number of H-pyrrole nitrogens is 1. The number of hydrogen-bond donors (Lipinski definition) is 2. The van der Waals surface area contributed by atoms with E-state index < -0.39 is 11.5 Å². The van der Waals surface area contributed by atoms with Gasteiger partial charge in [-0.1, -0.05) is 18.2 Å². The lowest BCUT2D eigenvalue weighted by molar-refractivity contribution is -0.138. The Morgan fingerprint density at radius 2 is 1.86 bits per heavy atom. The Morgan fingerprint density at radius 1 is 1.24 bits per heavy atom. The SMILES string of the molecule is Cc1[nH]c2ccccc2c1C(=O)N(CC(=O)O)C(C)(C)C. The molecule has 21 heavy (non-hydrogen) atoms. The molecule has 112 valence electrons. The molecule has 0 bridgehead atoms. The van der Waals surface area contributed by atoms with Gasteiger partial charge in [0.15, 0.2) is 0 Å². The Hall–Kier alpha value is -2.30. The Labute approximate surface area is 123 Å². The van der Waals surface area contributed by atoms with Crippen molar-refractivity contribution in [1.29, 1.82) is 0 Å². The molecule has 2 N–H and O–H groups in total. The second-order valence-corrected chi connectivity index (χ2v) is 6.13. The van der Waals surface area contributed by atoms with Crippen molar-refractivity contribution >= 4 is 22.8 Å². The van der Waals surface area contributed by atoms with Gasteiger partial charge in [-0.3, -0.25) is 9.59 Å². The molecule has 0 saturated heterocycles. The molecule has 0 radical (unpaired) electrons. The van der Waals surface area contributed by atoms with Crippen LogP contribution in [0.15, 0.2) is 24.3 Å². The van der Waals surface area contributed by atoms with Gasteiger partial charge in [0.25, 0.3) is 5.91 Å². The van der Waals surface area contributed by atoms with Crippen LogP contribution in [0.2, 0.25) is 0 Å². The zero-order valence-electron chi connectivity index (χ0n) is 12.7. The van der Waals surface area contributed by atoms with Gasteiger partial charge in [-0.2, -0.15) is 0 Å². The predicted molar refractivity (Wildman–Crippen MR) is 81.5 cm³/mol. The van der Waals surface area contributed by atoms with Gasteiger partial charge in [0, 0.05) is 22.1 Å². The summed E-state index contributed by atoms with van der Waals surface area (Å²) in [4.78, 5) is 28.5. The molecule has 5 nitrogen and oxygen atoms in total. The van der Waals surface area contributed by atoms with Gasteiger partial charge >= 0.3 is 5.97 Å². The van der Waals surface area contributed by atoms with Crippen LogP contribution in [0.4, 0.5) is 0 Å². The summed E-state index contributed by atoms with van der Waals surface area (Å²) in [6.45, 7) is 7.00. The highest BCUT2D eigenvalue weighted by atomic mass is 16.4. The standard InChI is InChI=1S/C16H20N2O3/c1-10-14(11-7-5-6-8-12(11)17-10)15(21)18(9-13(19)20)16(2,3)4/h5-8,17H,9H2,1-4H3,(H,19,20). The Kier molecular flexibility index (Phi) is 3.77. The number of rotatable bonds is 3. The minimum atomic E-state index is -1.02. The minimum Gasteiger partial charge on any atom is -0.480 e.